The van der Waals surface area contributed by atoms with E-state index in [-0.39, 0.29) is 18.5 Å². The van der Waals surface area contributed by atoms with Crippen molar-refractivity contribution in [3.63, 3.8) is 0 Å². The van der Waals surface area contributed by atoms with E-state index in [4.69, 9.17) is 4.74 Å². The summed E-state index contributed by atoms with van der Waals surface area (Å²) in [5, 5.41) is 0. The van der Waals surface area contributed by atoms with Crippen LogP contribution in [0.1, 0.15) is 70.4 Å². The third-order valence-electron chi connectivity index (χ3n) is 4.69. The van der Waals surface area contributed by atoms with Crippen LogP contribution in [0.5, 0.6) is 5.88 Å². The van der Waals surface area contributed by atoms with E-state index < -0.39 is 17.6 Å². The van der Waals surface area contributed by atoms with Crippen LogP contribution in [0.4, 0.5) is 24.8 Å². The molecule has 7 heteroatoms. The molecule has 0 aliphatic heterocycles. The molecule has 160 valence electrons. The van der Waals surface area contributed by atoms with Gasteiger partial charge in [0, 0.05) is 18.4 Å². The second-order valence-electron chi connectivity index (χ2n) is 7.25. The van der Waals surface area contributed by atoms with Crippen LogP contribution < -0.4 is 9.64 Å². The molecule has 0 bridgehead atoms. The first kappa shape index (κ1) is 23.0. The summed E-state index contributed by atoms with van der Waals surface area (Å²) in [4.78, 5) is 10.0. The molecule has 0 aliphatic rings. The summed E-state index contributed by atoms with van der Waals surface area (Å²) in [5.74, 6) is 0.0561. The lowest BCUT2D eigenvalue weighted by atomic mass is 10.0. The van der Waals surface area contributed by atoms with E-state index in [0.717, 1.165) is 36.7 Å². The molecule has 0 spiro atoms. The highest BCUT2D eigenvalue weighted by Crippen LogP contribution is 2.37. The van der Waals surface area contributed by atoms with Crippen molar-refractivity contribution >= 4 is 11.6 Å². The van der Waals surface area contributed by atoms with E-state index in [1.807, 2.05) is 36.1 Å². The van der Waals surface area contributed by atoms with Gasteiger partial charge in [-0.2, -0.15) is 18.2 Å². The summed E-state index contributed by atoms with van der Waals surface area (Å²) >= 11 is 0. The number of hydrogen-bond acceptors (Lipinski definition) is 4. The lowest BCUT2D eigenvalue weighted by Gasteiger charge is -2.26. The third kappa shape index (κ3) is 6.08. The predicted octanol–water partition coefficient (Wildman–Crippen LogP) is 6.74. The van der Waals surface area contributed by atoms with E-state index in [0.29, 0.717) is 13.0 Å². The molecule has 0 saturated carbocycles. The van der Waals surface area contributed by atoms with E-state index in [2.05, 4.69) is 30.7 Å². The van der Waals surface area contributed by atoms with Crippen LogP contribution in [0.25, 0.3) is 0 Å². The largest absolute Gasteiger partial charge is 0.477 e. The predicted molar refractivity (Wildman–Crippen MR) is 110 cm³/mol. The van der Waals surface area contributed by atoms with Crippen molar-refractivity contribution in [2.75, 3.05) is 18.1 Å². The SMILES string of the molecule is CCCCCCOc1nc(N(CC)c2ccccc2C(C)C)ncc1C(F)(F)F. The number of anilines is 2. The molecular weight excluding hydrogens is 379 g/mol. The number of para-hydroxylation sites is 1. The number of benzene rings is 1. The minimum atomic E-state index is -4.57. The van der Waals surface area contributed by atoms with Gasteiger partial charge in [0.2, 0.25) is 11.8 Å². The molecule has 0 N–H and O–H groups in total. The monoisotopic (exact) mass is 409 g/mol. The Balaban J connectivity index is 2.38. The molecule has 2 rings (SSSR count). The Hall–Kier alpha value is -2.31. The molecule has 2 aromatic rings. The van der Waals surface area contributed by atoms with Crippen molar-refractivity contribution in [3.05, 3.63) is 41.6 Å². The molecular formula is C22H30F3N3O. The van der Waals surface area contributed by atoms with Crippen LogP contribution in [0.15, 0.2) is 30.5 Å². The van der Waals surface area contributed by atoms with E-state index >= 15 is 0 Å². The van der Waals surface area contributed by atoms with Crippen molar-refractivity contribution in [1.29, 1.82) is 0 Å². The minimum Gasteiger partial charge on any atom is -0.477 e. The molecule has 4 nitrogen and oxygen atoms in total. The van der Waals surface area contributed by atoms with Crippen molar-refractivity contribution < 1.29 is 17.9 Å². The minimum absolute atomic E-state index is 0.203. The van der Waals surface area contributed by atoms with Gasteiger partial charge in [0.15, 0.2) is 0 Å². The van der Waals surface area contributed by atoms with Crippen LogP contribution in [0, 0.1) is 0 Å². The Kier molecular flexibility index (Phi) is 8.29. The maximum Gasteiger partial charge on any atom is 0.423 e. The van der Waals surface area contributed by atoms with Gasteiger partial charge < -0.3 is 9.64 Å². The number of alkyl halides is 3. The lowest BCUT2D eigenvalue weighted by molar-refractivity contribution is -0.139. The average Bonchev–Trinajstić information content (AvgIpc) is 2.68. The molecule has 29 heavy (non-hydrogen) atoms. The van der Waals surface area contributed by atoms with Crippen molar-refractivity contribution in [2.45, 2.75) is 65.5 Å². The molecule has 0 amide bonds. The highest BCUT2D eigenvalue weighted by molar-refractivity contribution is 5.63. The highest BCUT2D eigenvalue weighted by atomic mass is 19.4. The Morgan fingerprint density at radius 1 is 1.07 bits per heavy atom. The molecule has 0 fully saturated rings. The number of halogens is 3. The topological polar surface area (TPSA) is 38.2 Å². The fraction of sp³-hybridized carbons (Fsp3) is 0.545. The smallest absolute Gasteiger partial charge is 0.423 e. The van der Waals surface area contributed by atoms with E-state index in [1.165, 1.54) is 0 Å². The first-order valence-electron chi connectivity index (χ1n) is 10.2. The second kappa shape index (κ2) is 10.5. The zero-order valence-corrected chi connectivity index (χ0v) is 17.6. The molecule has 1 aromatic heterocycles. The number of rotatable bonds is 10. The Bertz CT molecular complexity index is 778. The standard InChI is InChI=1S/C22H30F3N3O/c1-5-7-8-11-14-29-20-18(22(23,24)25)15-26-21(27-20)28(6-2)19-13-10-9-12-17(19)16(3)4/h9-10,12-13,15-16H,5-8,11,14H2,1-4H3. The third-order valence-corrected chi connectivity index (χ3v) is 4.69. The average molecular weight is 409 g/mol. The van der Waals surface area contributed by atoms with Crippen LogP contribution in [0.2, 0.25) is 0 Å². The molecule has 0 radical (unpaired) electrons. The summed E-state index contributed by atoms with van der Waals surface area (Å²) < 4.78 is 45.7. The quantitative estimate of drug-likeness (QED) is 0.408. The van der Waals surface area contributed by atoms with Crippen molar-refractivity contribution in [2.24, 2.45) is 0 Å². The first-order valence-corrected chi connectivity index (χ1v) is 10.2. The van der Waals surface area contributed by atoms with Crippen molar-refractivity contribution in [3.8, 4) is 5.88 Å². The summed E-state index contributed by atoms with van der Waals surface area (Å²) in [6.45, 7) is 8.87. The van der Waals surface area contributed by atoms with E-state index in [1.54, 1.807) is 0 Å². The van der Waals surface area contributed by atoms with Crippen LogP contribution in [0.3, 0.4) is 0 Å². The van der Waals surface area contributed by atoms with E-state index in [9.17, 15) is 13.2 Å². The molecule has 1 heterocycles. The molecule has 0 aliphatic carbocycles. The van der Waals surface area contributed by atoms with Gasteiger partial charge in [-0.1, -0.05) is 58.2 Å². The Morgan fingerprint density at radius 2 is 1.79 bits per heavy atom. The van der Waals surface area contributed by atoms with Crippen LogP contribution in [-0.4, -0.2) is 23.1 Å². The first-order chi connectivity index (χ1) is 13.8. The maximum absolute atomic E-state index is 13.4. The second-order valence-corrected chi connectivity index (χ2v) is 7.25. The number of ether oxygens (including phenoxy) is 1. The van der Waals surface area contributed by atoms with Gasteiger partial charge in [0.25, 0.3) is 0 Å². The summed E-state index contributed by atoms with van der Waals surface area (Å²) in [6.07, 6.45) is -0.0579. The van der Waals surface area contributed by atoms with Crippen LogP contribution in [-0.2, 0) is 6.18 Å². The molecule has 1 aromatic carbocycles. The van der Waals surface area contributed by atoms with Gasteiger partial charge in [-0.05, 0) is 30.9 Å². The summed E-state index contributed by atoms with van der Waals surface area (Å²) in [5.41, 5.74) is 1.03. The number of nitrogens with zero attached hydrogens (tertiary/aromatic N) is 3. The summed E-state index contributed by atoms with van der Waals surface area (Å²) in [7, 11) is 0. The van der Waals surface area contributed by atoms with Gasteiger partial charge in [-0.3, -0.25) is 0 Å². The van der Waals surface area contributed by atoms with Gasteiger partial charge >= 0.3 is 6.18 Å². The normalized spacial score (nSPS) is 11.7. The number of aromatic nitrogens is 2. The fourth-order valence-corrected chi connectivity index (χ4v) is 3.13. The van der Waals surface area contributed by atoms with Gasteiger partial charge in [0.1, 0.15) is 5.56 Å². The van der Waals surface area contributed by atoms with Gasteiger partial charge in [-0.15, -0.1) is 0 Å². The molecule has 0 saturated heterocycles. The zero-order valence-electron chi connectivity index (χ0n) is 17.6. The van der Waals surface area contributed by atoms with Gasteiger partial charge in [-0.25, -0.2) is 4.98 Å². The zero-order chi connectivity index (χ0) is 21.4. The van der Waals surface area contributed by atoms with Crippen LogP contribution >= 0.6 is 0 Å². The lowest BCUT2D eigenvalue weighted by Crippen LogP contribution is -2.22. The molecule has 0 unspecified atom stereocenters. The number of hydrogen-bond donors (Lipinski definition) is 0. The van der Waals surface area contributed by atoms with Crippen molar-refractivity contribution in [1.82, 2.24) is 9.97 Å². The number of unbranched alkanes of at least 4 members (excludes halogenated alkanes) is 3. The highest BCUT2D eigenvalue weighted by Gasteiger charge is 2.36. The maximum atomic E-state index is 13.4. The molecule has 0 atom stereocenters. The Morgan fingerprint density at radius 3 is 2.41 bits per heavy atom. The van der Waals surface area contributed by atoms with Gasteiger partial charge in [0.05, 0.1) is 6.61 Å². The Labute approximate surface area is 171 Å². The summed E-state index contributed by atoms with van der Waals surface area (Å²) in [6, 6.07) is 7.80. The fourth-order valence-electron chi connectivity index (χ4n) is 3.13.